The molecule has 0 aliphatic heterocycles. The van der Waals surface area contributed by atoms with Crippen LogP contribution in [0.4, 0.5) is 22.7 Å². The summed E-state index contributed by atoms with van der Waals surface area (Å²) >= 11 is 0. The van der Waals surface area contributed by atoms with Crippen LogP contribution < -0.4 is 69.2 Å². The van der Waals surface area contributed by atoms with Gasteiger partial charge in [-0.3, -0.25) is 38.4 Å². The molecule has 0 unspecified atom stereocenters. The molecule has 0 aromatic heterocycles. The first-order valence-corrected chi connectivity index (χ1v) is 29.6. The highest BCUT2D eigenvalue weighted by atomic mass is 16.2. The topological polar surface area (TPSA) is 194 Å². The van der Waals surface area contributed by atoms with Crippen LogP contribution in [0.3, 0.4) is 0 Å². The SMILES string of the molecule is CC(C)(C)c1c(NCCCCN)c(=O)c1=O.CCCN(C)CCCN(C)c1c(C(C)(C)C)c(=O)c1=O.CCCN(CC)CCCN(C)c1c(C(C)(C)C)c(=O)c1=O.CCCN(CCC)CCCN(C)c1c(C(C)(C)C)c(=O)c1=O. The number of hydrogen-bond donors (Lipinski definition) is 2. The summed E-state index contributed by atoms with van der Waals surface area (Å²) in [6.45, 7) is 47.0. The monoisotopic (exact) mass is 1110 g/mol. The number of nitrogens with one attached hydrogen (secondary N) is 1. The summed E-state index contributed by atoms with van der Waals surface area (Å²) in [5.74, 6) is 0. The van der Waals surface area contributed by atoms with Crippen molar-refractivity contribution in [2.24, 2.45) is 5.73 Å². The molecule has 3 N–H and O–H groups in total. The van der Waals surface area contributed by atoms with Crippen LogP contribution in [0.5, 0.6) is 0 Å². The lowest BCUT2D eigenvalue weighted by Gasteiger charge is -2.30. The molecule has 0 saturated heterocycles. The third kappa shape index (κ3) is 21.0. The van der Waals surface area contributed by atoms with Crippen LogP contribution >= 0.6 is 0 Å². The van der Waals surface area contributed by atoms with Crippen LogP contribution in [0.1, 0.15) is 198 Å². The van der Waals surface area contributed by atoms with E-state index in [4.69, 9.17) is 5.73 Å². The van der Waals surface area contributed by atoms with Gasteiger partial charge in [-0.15, -0.1) is 0 Å². The minimum absolute atomic E-state index is 0.256. The molecule has 0 saturated carbocycles. The van der Waals surface area contributed by atoms with E-state index in [1.807, 2.05) is 119 Å². The Hall–Kier alpha value is -4.64. The van der Waals surface area contributed by atoms with Crippen LogP contribution in [-0.4, -0.2) is 128 Å². The highest BCUT2D eigenvalue weighted by molar-refractivity contribution is 5.63. The average molecular weight is 1110 g/mol. The first kappa shape index (κ1) is 72.4. The first-order valence-electron chi connectivity index (χ1n) is 29.6. The molecule has 0 radical (unpaired) electrons. The second-order valence-corrected chi connectivity index (χ2v) is 25.9. The van der Waals surface area contributed by atoms with E-state index in [0.29, 0.717) is 58.1 Å². The maximum atomic E-state index is 11.9. The Morgan fingerprint density at radius 3 is 0.987 bits per heavy atom. The van der Waals surface area contributed by atoms with Crippen LogP contribution in [0, 0.1) is 0 Å². The highest BCUT2D eigenvalue weighted by Crippen LogP contribution is 2.30. The van der Waals surface area contributed by atoms with Crippen LogP contribution in [0.15, 0.2) is 38.4 Å². The van der Waals surface area contributed by atoms with Crippen molar-refractivity contribution in [3.63, 3.8) is 0 Å². The Bertz CT molecular complexity index is 2730. The molecule has 0 amide bonds. The van der Waals surface area contributed by atoms with E-state index in [1.54, 1.807) is 0 Å². The van der Waals surface area contributed by atoms with Gasteiger partial charge in [0.1, 0.15) is 0 Å². The van der Waals surface area contributed by atoms with E-state index in [0.717, 1.165) is 117 Å². The Kier molecular flexibility index (Phi) is 30.0. The largest absolute Gasteiger partial charge is 0.381 e. The fourth-order valence-corrected chi connectivity index (χ4v) is 10.3. The standard InChI is InChI=1S/C18H32N2O2.C17H30N2O2.C16H28N2O2.C12H20N2O2/c1-7-10-20(11-8-2)13-9-12-19(6)15-14(18(3,4)5)16(21)17(15)22;1-7-10-19(8-2)12-9-11-18(6)14-13(17(3,4)5)15(20)16(14)21;1-7-9-17(5)10-8-11-18(6)13-12(16(2,3)4)14(19)15(13)20;1-12(2,3)8-9(11(16)10(8)15)14-7-5-4-6-13/h7-13H2,1-6H3;7-12H2,1-6H3;7-11H2,1-6H3;14H,4-7,13H2,1-3H3. The fourth-order valence-electron chi connectivity index (χ4n) is 10.3. The molecule has 16 heteroatoms. The van der Waals surface area contributed by atoms with Gasteiger partial charge in [0.15, 0.2) is 0 Å². The average Bonchev–Trinajstić information content (AvgIpc) is 3.34. The van der Waals surface area contributed by atoms with Gasteiger partial charge < -0.3 is 40.4 Å². The Morgan fingerprint density at radius 1 is 0.354 bits per heavy atom. The third-order valence-corrected chi connectivity index (χ3v) is 14.3. The number of unbranched alkanes of at least 4 members (excludes halogenated alkanes) is 1. The van der Waals surface area contributed by atoms with Gasteiger partial charge in [0, 0.05) is 69.6 Å². The molecule has 79 heavy (non-hydrogen) atoms. The molecule has 0 bridgehead atoms. The number of nitrogens with two attached hydrogens (primary N) is 1. The van der Waals surface area contributed by atoms with Crippen LogP contribution in [-0.2, 0) is 21.7 Å². The zero-order valence-corrected chi connectivity index (χ0v) is 53.6. The summed E-state index contributed by atoms with van der Waals surface area (Å²) in [4.78, 5) is 107. The van der Waals surface area contributed by atoms with Gasteiger partial charge in [0.2, 0.25) is 43.4 Å². The van der Waals surface area contributed by atoms with Crippen molar-refractivity contribution in [1.82, 2.24) is 14.7 Å². The van der Waals surface area contributed by atoms with Crippen molar-refractivity contribution >= 4 is 22.7 Å². The van der Waals surface area contributed by atoms with Gasteiger partial charge in [-0.1, -0.05) is 118 Å². The second-order valence-electron chi connectivity index (χ2n) is 25.9. The Labute approximate surface area is 475 Å². The molecule has 0 spiro atoms. The van der Waals surface area contributed by atoms with E-state index < -0.39 is 0 Å². The van der Waals surface area contributed by atoms with Crippen LogP contribution in [0.25, 0.3) is 0 Å². The summed E-state index contributed by atoms with van der Waals surface area (Å²) in [7, 11) is 7.86. The Morgan fingerprint density at radius 2 is 0.671 bits per heavy atom. The minimum atomic E-state index is -0.377. The Balaban J connectivity index is 0.000000530. The van der Waals surface area contributed by atoms with Gasteiger partial charge in [0.25, 0.3) is 0 Å². The van der Waals surface area contributed by atoms with E-state index in [-0.39, 0.29) is 65.1 Å². The van der Waals surface area contributed by atoms with Crippen molar-refractivity contribution < 1.29 is 0 Å². The maximum Gasteiger partial charge on any atom is 0.249 e. The number of nitrogens with zero attached hydrogens (tertiary/aromatic N) is 6. The molecule has 0 aliphatic rings. The fraction of sp³-hybridized carbons (Fsp3) is 0.746. The number of hydrogen-bond acceptors (Lipinski definition) is 16. The molecule has 16 nitrogen and oxygen atoms in total. The van der Waals surface area contributed by atoms with Gasteiger partial charge in [-0.25, -0.2) is 0 Å². The lowest BCUT2D eigenvalue weighted by Crippen LogP contribution is -2.47. The molecule has 4 rings (SSSR count). The van der Waals surface area contributed by atoms with Gasteiger partial charge in [0.05, 0.1) is 22.7 Å². The van der Waals surface area contributed by atoms with E-state index >= 15 is 0 Å². The molecular weight excluding hydrogens is 997 g/mol. The highest BCUT2D eigenvalue weighted by Gasteiger charge is 2.35. The second kappa shape index (κ2) is 32.7. The summed E-state index contributed by atoms with van der Waals surface area (Å²) in [5.41, 5.74) is 6.87. The summed E-state index contributed by atoms with van der Waals surface area (Å²) in [5, 5.41) is 3.04. The molecule has 0 fully saturated rings. The minimum Gasteiger partial charge on any atom is -0.381 e. The lowest BCUT2D eigenvalue weighted by atomic mass is 9.82. The predicted octanol–water partition coefficient (Wildman–Crippen LogP) is 7.15. The lowest BCUT2D eigenvalue weighted by molar-refractivity contribution is 0.272. The molecule has 0 aliphatic carbocycles. The van der Waals surface area contributed by atoms with Crippen molar-refractivity contribution in [1.29, 1.82) is 0 Å². The summed E-state index contributed by atoms with van der Waals surface area (Å²) < 4.78 is 0. The summed E-state index contributed by atoms with van der Waals surface area (Å²) in [6.07, 6.45) is 9.51. The smallest absolute Gasteiger partial charge is 0.249 e. The maximum absolute atomic E-state index is 11.9. The van der Waals surface area contributed by atoms with Crippen molar-refractivity contribution in [2.45, 2.75) is 197 Å². The van der Waals surface area contributed by atoms with E-state index in [9.17, 15) is 38.4 Å². The molecule has 4 aromatic rings. The number of anilines is 4. The third-order valence-electron chi connectivity index (χ3n) is 14.3. The zero-order valence-electron chi connectivity index (χ0n) is 53.6. The van der Waals surface area contributed by atoms with E-state index in [1.165, 1.54) is 12.8 Å². The van der Waals surface area contributed by atoms with Gasteiger partial charge >= 0.3 is 0 Å². The molecule has 4 aromatic carbocycles. The number of rotatable bonds is 29. The van der Waals surface area contributed by atoms with E-state index in [2.05, 4.69) is 61.7 Å². The van der Waals surface area contributed by atoms with Crippen molar-refractivity contribution in [2.75, 3.05) is 133 Å². The normalized spacial score (nSPS) is 12.3. The molecule has 450 valence electrons. The first-order chi connectivity index (χ1) is 36.6. The van der Waals surface area contributed by atoms with Gasteiger partial charge in [-0.2, -0.15) is 0 Å². The quantitative estimate of drug-likeness (QED) is 0.0411. The van der Waals surface area contributed by atoms with Crippen molar-refractivity contribution in [3.8, 4) is 0 Å². The van der Waals surface area contributed by atoms with Gasteiger partial charge in [-0.05, 0) is 145 Å². The molecule has 0 atom stereocenters. The zero-order chi connectivity index (χ0) is 61.0. The molecular formula is C63H110N8O8. The predicted molar refractivity (Wildman–Crippen MR) is 338 cm³/mol. The van der Waals surface area contributed by atoms with Crippen molar-refractivity contribution in [3.05, 3.63) is 104 Å². The summed E-state index contributed by atoms with van der Waals surface area (Å²) in [6, 6.07) is 0. The van der Waals surface area contributed by atoms with Crippen LogP contribution in [0.2, 0.25) is 0 Å². The molecule has 0 heterocycles.